The third-order valence-electron chi connectivity index (χ3n) is 6.17. The first kappa shape index (κ1) is 27.5. The molecule has 0 saturated heterocycles. The second-order valence-corrected chi connectivity index (χ2v) is 11.9. The topological polar surface area (TPSA) is 76.2 Å². The molecule has 37 heavy (non-hydrogen) atoms. The molecule has 0 unspecified atom stereocenters. The van der Waals surface area contributed by atoms with Crippen molar-refractivity contribution in [1.82, 2.24) is 9.21 Å². The van der Waals surface area contributed by atoms with E-state index in [9.17, 15) is 17.6 Å². The van der Waals surface area contributed by atoms with E-state index in [0.29, 0.717) is 31.0 Å². The second kappa shape index (κ2) is 12.4. The number of methoxy groups -OCH3 is 1. The molecule has 1 amide bonds. The highest BCUT2D eigenvalue weighted by molar-refractivity contribution is 7.89. The molecule has 2 aromatic carbocycles. The fourth-order valence-corrected chi connectivity index (χ4v) is 6.75. The number of hydrogen-bond acceptors (Lipinski definition) is 6. The first-order valence-corrected chi connectivity index (χ1v) is 14.5. The summed E-state index contributed by atoms with van der Waals surface area (Å²) in [6, 6.07) is 13.4. The quantitative estimate of drug-likeness (QED) is 0.312. The van der Waals surface area contributed by atoms with Gasteiger partial charge in [0.1, 0.15) is 6.61 Å². The number of rotatable bonds is 11. The van der Waals surface area contributed by atoms with Gasteiger partial charge in [-0.3, -0.25) is 4.79 Å². The summed E-state index contributed by atoms with van der Waals surface area (Å²) in [4.78, 5) is 16.5. The maximum Gasteiger partial charge on any atom is 0.243 e. The summed E-state index contributed by atoms with van der Waals surface area (Å²) >= 11 is 7.54. The number of para-hydroxylation sites is 1. The second-order valence-electron chi connectivity index (χ2n) is 8.53. The molecular weight excluding hydrogens is 539 g/mol. The molecule has 0 saturated carbocycles. The van der Waals surface area contributed by atoms with Gasteiger partial charge in [-0.25, -0.2) is 12.8 Å². The van der Waals surface area contributed by atoms with Gasteiger partial charge in [0.05, 0.1) is 17.5 Å². The van der Waals surface area contributed by atoms with Crippen LogP contribution in [0.4, 0.5) is 4.39 Å². The Labute approximate surface area is 225 Å². The maximum atomic E-state index is 14.2. The first-order chi connectivity index (χ1) is 17.8. The minimum absolute atomic E-state index is 0.0457. The van der Waals surface area contributed by atoms with Gasteiger partial charge in [-0.1, -0.05) is 23.7 Å². The Morgan fingerprint density at radius 2 is 1.95 bits per heavy atom. The number of amides is 1. The van der Waals surface area contributed by atoms with Crippen LogP contribution in [0.1, 0.15) is 22.9 Å². The van der Waals surface area contributed by atoms with Crippen LogP contribution in [0.3, 0.4) is 0 Å². The van der Waals surface area contributed by atoms with Gasteiger partial charge in [0, 0.05) is 36.7 Å². The fraction of sp³-hybridized carbons (Fsp3) is 0.346. The average molecular weight is 567 g/mol. The largest absolute Gasteiger partial charge is 0.488 e. The number of thiophene rings is 1. The van der Waals surface area contributed by atoms with E-state index in [2.05, 4.69) is 0 Å². The Bertz CT molecular complexity index is 1320. The number of halogens is 2. The third kappa shape index (κ3) is 6.50. The summed E-state index contributed by atoms with van der Waals surface area (Å²) in [6.07, 6.45) is 1.08. The lowest BCUT2D eigenvalue weighted by Gasteiger charge is -2.37. The molecule has 1 aliphatic heterocycles. The zero-order valence-electron chi connectivity index (χ0n) is 20.3. The van der Waals surface area contributed by atoms with Gasteiger partial charge in [-0.05, 0) is 66.2 Å². The van der Waals surface area contributed by atoms with Crippen molar-refractivity contribution in [2.75, 3.05) is 40.0 Å². The van der Waals surface area contributed by atoms with E-state index >= 15 is 0 Å². The molecule has 1 atom stereocenters. The minimum atomic E-state index is -3.97. The van der Waals surface area contributed by atoms with E-state index in [1.807, 2.05) is 11.4 Å². The van der Waals surface area contributed by atoms with Crippen molar-refractivity contribution in [3.05, 3.63) is 81.3 Å². The molecule has 0 radical (unpaired) electrons. The lowest BCUT2D eigenvalue weighted by atomic mass is 10.0. The highest BCUT2D eigenvalue weighted by Gasteiger charge is 2.35. The van der Waals surface area contributed by atoms with Crippen molar-refractivity contribution < 1.29 is 27.1 Å². The molecule has 3 aromatic rings. The molecule has 0 spiro atoms. The zero-order chi connectivity index (χ0) is 26.4. The summed E-state index contributed by atoms with van der Waals surface area (Å²) in [6.45, 7) is 0.569. The Morgan fingerprint density at radius 1 is 1.19 bits per heavy atom. The van der Waals surface area contributed by atoms with Crippen molar-refractivity contribution in [2.45, 2.75) is 23.8 Å². The highest BCUT2D eigenvalue weighted by atomic mass is 35.5. The van der Waals surface area contributed by atoms with E-state index in [1.165, 1.54) is 47.8 Å². The van der Waals surface area contributed by atoms with Crippen LogP contribution in [-0.4, -0.2) is 63.5 Å². The number of carbonyl (C=O) groups is 1. The number of benzene rings is 2. The normalized spacial score (nSPS) is 15.6. The van der Waals surface area contributed by atoms with Gasteiger partial charge in [0.25, 0.3) is 0 Å². The number of fused-ring (bicyclic) bond motifs is 1. The number of ether oxygens (including phenoxy) is 2. The van der Waals surface area contributed by atoms with Crippen LogP contribution < -0.4 is 4.74 Å². The molecule has 0 aliphatic carbocycles. The van der Waals surface area contributed by atoms with Crippen LogP contribution >= 0.6 is 22.9 Å². The predicted molar refractivity (Wildman–Crippen MR) is 141 cm³/mol. The standard InChI is InChI=1S/C26H28ClFN2O5S2/c1-34-15-4-13-29(37(32,33)20-9-7-19(27)8-10-20)17-26(31)30-14-11-25-21(12-16-36-25)23(30)18-35-24-6-3-2-5-22(24)28/h2-3,5-10,12,16,23H,4,11,13-15,17-18H2,1H3/t23-/m1/s1. The Hall–Kier alpha value is -2.50. The van der Waals surface area contributed by atoms with E-state index in [0.717, 1.165) is 10.4 Å². The Kier molecular flexibility index (Phi) is 9.20. The number of sulfonamides is 1. The van der Waals surface area contributed by atoms with Gasteiger partial charge < -0.3 is 14.4 Å². The summed E-state index contributed by atoms with van der Waals surface area (Å²) in [5, 5.41) is 2.37. The van der Waals surface area contributed by atoms with Crippen molar-refractivity contribution in [3.63, 3.8) is 0 Å². The maximum absolute atomic E-state index is 14.2. The van der Waals surface area contributed by atoms with E-state index < -0.39 is 21.9 Å². The van der Waals surface area contributed by atoms with Gasteiger partial charge in [0.2, 0.25) is 15.9 Å². The van der Waals surface area contributed by atoms with E-state index in [1.54, 1.807) is 28.4 Å². The predicted octanol–water partition coefficient (Wildman–Crippen LogP) is 4.77. The molecule has 198 valence electrons. The van der Waals surface area contributed by atoms with E-state index in [4.69, 9.17) is 21.1 Å². The monoisotopic (exact) mass is 566 g/mol. The smallest absolute Gasteiger partial charge is 0.243 e. The van der Waals surface area contributed by atoms with Crippen LogP contribution in [0.25, 0.3) is 0 Å². The Morgan fingerprint density at radius 3 is 2.68 bits per heavy atom. The molecule has 1 aromatic heterocycles. The fourth-order valence-electron chi connectivity index (χ4n) is 4.27. The summed E-state index contributed by atoms with van der Waals surface area (Å²) in [7, 11) is -2.43. The van der Waals surface area contributed by atoms with Crippen molar-refractivity contribution in [1.29, 1.82) is 0 Å². The highest BCUT2D eigenvalue weighted by Crippen LogP contribution is 2.34. The first-order valence-electron chi connectivity index (χ1n) is 11.8. The Balaban J connectivity index is 1.57. The minimum Gasteiger partial charge on any atom is -0.488 e. The van der Waals surface area contributed by atoms with Crippen LogP contribution in [0, 0.1) is 5.82 Å². The zero-order valence-corrected chi connectivity index (χ0v) is 22.7. The summed E-state index contributed by atoms with van der Waals surface area (Å²) < 4.78 is 53.1. The molecule has 0 fully saturated rings. The van der Waals surface area contributed by atoms with Crippen molar-refractivity contribution in [2.24, 2.45) is 0 Å². The number of nitrogens with zero attached hydrogens (tertiary/aromatic N) is 2. The van der Waals surface area contributed by atoms with Gasteiger partial charge in [-0.15, -0.1) is 11.3 Å². The van der Waals surface area contributed by atoms with Crippen LogP contribution in [0.2, 0.25) is 5.02 Å². The van der Waals surface area contributed by atoms with Crippen LogP contribution in [0.15, 0.2) is 64.9 Å². The molecule has 11 heteroatoms. The molecular formula is C26H28ClFN2O5S2. The van der Waals surface area contributed by atoms with Crippen LogP contribution in [-0.2, 0) is 26.0 Å². The summed E-state index contributed by atoms with van der Waals surface area (Å²) in [5.74, 6) is -0.738. The molecule has 7 nitrogen and oxygen atoms in total. The number of hydrogen-bond donors (Lipinski definition) is 0. The summed E-state index contributed by atoms with van der Waals surface area (Å²) in [5.41, 5.74) is 0.937. The average Bonchev–Trinajstić information content (AvgIpc) is 3.37. The van der Waals surface area contributed by atoms with Crippen molar-refractivity contribution in [3.8, 4) is 5.75 Å². The molecule has 2 heterocycles. The van der Waals surface area contributed by atoms with E-state index in [-0.39, 0.29) is 36.2 Å². The molecule has 0 N–H and O–H groups in total. The van der Waals surface area contributed by atoms with Gasteiger partial charge in [0.15, 0.2) is 11.6 Å². The number of carbonyl (C=O) groups excluding carboxylic acids is 1. The van der Waals surface area contributed by atoms with Crippen molar-refractivity contribution >= 4 is 38.9 Å². The molecule has 0 bridgehead atoms. The lowest BCUT2D eigenvalue weighted by Crippen LogP contribution is -2.48. The lowest BCUT2D eigenvalue weighted by molar-refractivity contribution is -0.135. The molecule has 1 aliphatic rings. The van der Waals surface area contributed by atoms with Gasteiger partial charge >= 0.3 is 0 Å². The SMILES string of the molecule is COCCCN(CC(=O)N1CCc2sccc2[C@H]1COc1ccccc1F)S(=O)(=O)c1ccc(Cl)cc1. The molecule has 4 rings (SSSR count). The van der Waals surface area contributed by atoms with Gasteiger partial charge in [-0.2, -0.15) is 4.31 Å². The van der Waals surface area contributed by atoms with Crippen LogP contribution in [0.5, 0.6) is 5.75 Å². The third-order valence-corrected chi connectivity index (χ3v) is 9.28.